The summed E-state index contributed by atoms with van der Waals surface area (Å²) in [6.45, 7) is 9.06. The number of amides is 1. The lowest BCUT2D eigenvalue weighted by molar-refractivity contribution is -0.137. The van der Waals surface area contributed by atoms with Crippen molar-refractivity contribution in [2.24, 2.45) is 5.92 Å². The van der Waals surface area contributed by atoms with Crippen LogP contribution >= 0.6 is 35.6 Å². The number of likely N-dealkylation sites (tertiary alicyclic amines) is 1. The second-order valence-electron chi connectivity index (χ2n) is 12.0. The van der Waals surface area contributed by atoms with Crippen molar-refractivity contribution in [3.8, 4) is 5.75 Å². The van der Waals surface area contributed by atoms with E-state index in [0.29, 0.717) is 57.2 Å². The molecule has 10 heteroatoms. The van der Waals surface area contributed by atoms with Gasteiger partial charge in [-0.05, 0) is 93.6 Å². The summed E-state index contributed by atoms with van der Waals surface area (Å²) in [6, 6.07) is 20.7. The maximum absolute atomic E-state index is 14.7. The highest BCUT2D eigenvalue weighted by molar-refractivity contribution is 6.31. The van der Waals surface area contributed by atoms with Gasteiger partial charge < -0.3 is 19.9 Å². The molecule has 46 heavy (non-hydrogen) atoms. The van der Waals surface area contributed by atoms with Crippen LogP contribution in [0.5, 0.6) is 5.75 Å². The molecule has 0 spiro atoms. The first-order valence-electron chi connectivity index (χ1n) is 16.3. The Morgan fingerprint density at radius 2 is 1.50 bits per heavy atom. The molecule has 1 atom stereocenters. The Balaban J connectivity index is 0.00000480. The quantitative estimate of drug-likeness (QED) is 0.215. The number of halogens is 4. The van der Waals surface area contributed by atoms with Gasteiger partial charge >= 0.3 is 0 Å². The molecule has 6 nitrogen and oxygen atoms in total. The lowest BCUT2D eigenvalue weighted by Gasteiger charge is -2.40. The molecule has 250 valence electrons. The first-order valence-corrected chi connectivity index (χ1v) is 17.0. The van der Waals surface area contributed by atoms with Crippen molar-refractivity contribution >= 4 is 41.5 Å². The van der Waals surface area contributed by atoms with Crippen LogP contribution in [0.25, 0.3) is 0 Å². The second-order valence-corrected chi connectivity index (χ2v) is 12.9. The minimum absolute atomic E-state index is 0. The summed E-state index contributed by atoms with van der Waals surface area (Å²) >= 11 is 12.8. The van der Waals surface area contributed by atoms with Gasteiger partial charge in [0, 0.05) is 54.9 Å². The van der Waals surface area contributed by atoms with Gasteiger partial charge in [-0.3, -0.25) is 9.69 Å². The summed E-state index contributed by atoms with van der Waals surface area (Å²) in [4.78, 5) is 20.8. The number of nitrogens with one attached hydrogen (secondary N) is 1. The van der Waals surface area contributed by atoms with Gasteiger partial charge in [0.2, 0.25) is 5.91 Å². The highest BCUT2D eigenvalue weighted by atomic mass is 35.5. The van der Waals surface area contributed by atoms with Gasteiger partial charge in [0.25, 0.3) is 0 Å². The molecule has 2 aliphatic rings. The third-order valence-electron chi connectivity index (χ3n) is 9.18. The highest BCUT2D eigenvalue weighted by Crippen LogP contribution is 2.26. The summed E-state index contributed by atoms with van der Waals surface area (Å²) in [5.41, 5.74) is 2.85. The van der Waals surface area contributed by atoms with E-state index < -0.39 is 0 Å². The number of carbonyl (C=O) groups is 1. The van der Waals surface area contributed by atoms with Crippen molar-refractivity contribution in [3.05, 3.63) is 99.3 Å². The van der Waals surface area contributed by atoms with E-state index in [1.807, 2.05) is 60.4 Å². The Bertz CT molecular complexity index is 1400. The SMILES string of the molecule is CCOc1cccc(F)c1CN1CCN(C(=O)[C@H](NCCc2ccccc2Cl)C2CCN(CCc3ccccc3Cl)CC2)CC1.Cl. The van der Waals surface area contributed by atoms with Gasteiger partial charge in [-0.1, -0.05) is 65.7 Å². The largest absolute Gasteiger partial charge is 0.493 e. The molecule has 2 saturated heterocycles. The summed E-state index contributed by atoms with van der Waals surface area (Å²) in [5, 5.41) is 5.24. The minimum atomic E-state index is -0.250. The maximum Gasteiger partial charge on any atom is 0.240 e. The van der Waals surface area contributed by atoms with Gasteiger partial charge in [-0.2, -0.15) is 0 Å². The van der Waals surface area contributed by atoms with Crippen molar-refractivity contribution in [1.29, 1.82) is 0 Å². The molecule has 2 heterocycles. The van der Waals surface area contributed by atoms with Crippen molar-refractivity contribution in [3.63, 3.8) is 0 Å². The molecular weight excluding hydrogens is 646 g/mol. The van der Waals surface area contributed by atoms with E-state index in [1.54, 1.807) is 6.07 Å². The van der Waals surface area contributed by atoms with Crippen LogP contribution < -0.4 is 10.1 Å². The summed E-state index contributed by atoms with van der Waals surface area (Å²) in [6.07, 6.45) is 3.61. The lowest BCUT2D eigenvalue weighted by atomic mass is 9.88. The van der Waals surface area contributed by atoms with E-state index in [0.717, 1.165) is 60.9 Å². The molecule has 1 amide bonds. The number of hydrogen-bond donors (Lipinski definition) is 1. The highest BCUT2D eigenvalue weighted by Gasteiger charge is 2.35. The van der Waals surface area contributed by atoms with Crippen LogP contribution in [0.2, 0.25) is 10.0 Å². The molecule has 3 aromatic carbocycles. The molecule has 0 aromatic heterocycles. The third kappa shape index (κ3) is 9.82. The van der Waals surface area contributed by atoms with Gasteiger partial charge in [-0.25, -0.2) is 4.39 Å². The molecule has 3 aromatic rings. The smallest absolute Gasteiger partial charge is 0.240 e. The topological polar surface area (TPSA) is 48.1 Å². The van der Waals surface area contributed by atoms with Crippen molar-refractivity contribution in [2.45, 2.75) is 45.2 Å². The zero-order valence-electron chi connectivity index (χ0n) is 26.6. The lowest BCUT2D eigenvalue weighted by Crippen LogP contribution is -2.57. The third-order valence-corrected chi connectivity index (χ3v) is 9.92. The fraction of sp³-hybridized carbons (Fsp3) is 0.472. The van der Waals surface area contributed by atoms with Crippen LogP contribution in [-0.2, 0) is 24.2 Å². The Labute approximate surface area is 289 Å². The zero-order chi connectivity index (χ0) is 31.6. The van der Waals surface area contributed by atoms with E-state index in [9.17, 15) is 9.18 Å². The van der Waals surface area contributed by atoms with E-state index in [-0.39, 0.29) is 36.1 Å². The number of ether oxygens (including phenoxy) is 1. The number of benzene rings is 3. The summed E-state index contributed by atoms with van der Waals surface area (Å²) in [5.74, 6) is 0.771. The number of nitrogens with zero attached hydrogens (tertiary/aromatic N) is 3. The van der Waals surface area contributed by atoms with Crippen LogP contribution in [-0.4, -0.2) is 85.6 Å². The Hall–Kier alpha value is -2.39. The number of piperazine rings is 1. The van der Waals surface area contributed by atoms with Crippen LogP contribution in [0, 0.1) is 11.7 Å². The molecule has 2 aliphatic heterocycles. The van der Waals surface area contributed by atoms with E-state index in [1.165, 1.54) is 11.6 Å². The maximum atomic E-state index is 14.7. The molecule has 1 N–H and O–H groups in total. The molecular formula is C36H46Cl3FN4O2. The van der Waals surface area contributed by atoms with E-state index in [2.05, 4.69) is 21.2 Å². The Morgan fingerprint density at radius 3 is 2.13 bits per heavy atom. The van der Waals surface area contributed by atoms with Crippen LogP contribution in [0.1, 0.15) is 36.5 Å². The van der Waals surface area contributed by atoms with Gasteiger partial charge in [0.05, 0.1) is 12.6 Å². The van der Waals surface area contributed by atoms with Gasteiger partial charge in [0.15, 0.2) is 0 Å². The number of hydrogen-bond acceptors (Lipinski definition) is 5. The van der Waals surface area contributed by atoms with Crippen molar-refractivity contribution < 1.29 is 13.9 Å². The molecule has 0 unspecified atom stereocenters. The first-order chi connectivity index (χ1) is 21.9. The Kier molecular flexibility index (Phi) is 14.4. The number of piperidine rings is 1. The molecule has 0 saturated carbocycles. The first kappa shape index (κ1) is 36.4. The van der Waals surface area contributed by atoms with Crippen LogP contribution in [0.15, 0.2) is 66.7 Å². The summed E-state index contributed by atoms with van der Waals surface area (Å²) < 4.78 is 20.4. The summed E-state index contributed by atoms with van der Waals surface area (Å²) in [7, 11) is 0. The fourth-order valence-corrected chi connectivity index (χ4v) is 7.00. The monoisotopic (exact) mass is 690 g/mol. The average molecular weight is 692 g/mol. The molecule has 0 aliphatic carbocycles. The number of rotatable bonds is 13. The second kappa shape index (κ2) is 18.2. The van der Waals surface area contributed by atoms with Crippen molar-refractivity contribution in [1.82, 2.24) is 20.0 Å². The molecule has 5 rings (SSSR count). The molecule has 2 fully saturated rings. The fourth-order valence-electron chi connectivity index (χ4n) is 6.54. The minimum Gasteiger partial charge on any atom is -0.493 e. The van der Waals surface area contributed by atoms with E-state index >= 15 is 0 Å². The average Bonchev–Trinajstić information content (AvgIpc) is 3.06. The molecule has 0 radical (unpaired) electrons. The Morgan fingerprint density at radius 1 is 0.870 bits per heavy atom. The zero-order valence-corrected chi connectivity index (χ0v) is 28.9. The van der Waals surface area contributed by atoms with E-state index in [4.69, 9.17) is 27.9 Å². The predicted molar refractivity (Wildman–Crippen MR) is 188 cm³/mol. The van der Waals surface area contributed by atoms with Gasteiger partial charge in [0.1, 0.15) is 11.6 Å². The normalized spacial score (nSPS) is 17.0. The van der Waals surface area contributed by atoms with Crippen molar-refractivity contribution in [2.75, 3.05) is 59.0 Å². The van der Waals surface area contributed by atoms with Crippen LogP contribution in [0.3, 0.4) is 0 Å². The molecule has 0 bridgehead atoms. The number of carbonyl (C=O) groups excluding carboxylic acids is 1. The van der Waals surface area contributed by atoms with Gasteiger partial charge in [-0.15, -0.1) is 12.4 Å². The predicted octanol–water partition coefficient (Wildman–Crippen LogP) is 6.75. The standard InChI is InChI=1S/C36H45Cl2FN4O2.ClH/c1-2-45-34-13-7-12-33(39)30(34)26-42-22-24-43(25-23-42)36(44)35(40-18-14-27-8-3-5-10-31(27)37)29-16-20-41(21-17-29)19-15-28-9-4-6-11-32(28)38;/h3-13,29,35,40H,2,14-26H2,1H3;1H/t35-;/m1./s1. The van der Waals surface area contributed by atoms with Crippen LogP contribution in [0.4, 0.5) is 4.39 Å².